The molecule has 0 saturated carbocycles. The van der Waals surface area contributed by atoms with E-state index in [4.69, 9.17) is 0 Å². The smallest absolute Gasteiger partial charge is 0.224 e. The molecule has 2 fully saturated rings. The van der Waals surface area contributed by atoms with Crippen LogP contribution in [-0.2, 0) is 14.6 Å². The maximum atomic E-state index is 12.3. The normalized spacial score (nSPS) is 27.3. The van der Waals surface area contributed by atoms with Gasteiger partial charge in [0.05, 0.1) is 11.0 Å². The monoisotopic (exact) mass is 316 g/mol. The van der Waals surface area contributed by atoms with Crippen LogP contribution in [0.3, 0.4) is 0 Å². The minimum atomic E-state index is -2.89. The van der Waals surface area contributed by atoms with Crippen molar-refractivity contribution < 1.29 is 13.2 Å². The molecule has 2 aliphatic heterocycles. The highest BCUT2D eigenvalue weighted by Gasteiger charge is 2.31. The van der Waals surface area contributed by atoms with Crippen LogP contribution in [0, 0.1) is 0 Å². The minimum Gasteiger partial charge on any atom is -0.343 e. The largest absolute Gasteiger partial charge is 0.343 e. The first kappa shape index (κ1) is 16.7. The van der Waals surface area contributed by atoms with Gasteiger partial charge in [-0.15, -0.1) is 0 Å². The SMILES string of the molecule is CC(CC(=O)N1CCCCCC1)NCC1CCCS1(=O)=O. The Kier molecular flexibility index (Phi) is 6.05. The summed E-state index contributed by atoms with van der Waals surface area (Å²) in [6, 6.07) is 0.0385. The molecular formula is C15H28N2O3S. The highest BCUT2D eigenvalue weighted by molar-refractivity contribution is 7.92. The average molecular weight is 316 g/mol. The van der Waals surface area contributed by atoms with Crippen molar-refractivity contribution in [2.24, 2.45) is 0 Å². The Morgan fingerprint density at radius 3 is 2.43 bits per heavy atom. The van der Waals surface area contributed by atoms with E-state index in [2.05, 4.69) is 5.32 Å². The van der Waals surface area contributed by atoms with E-state index in [1.807, 2.05) is 11.8 Å². The van der Waals surface area contributed by atoms with Gasteiger partial charge in [0, 0.05) is 32.1 Å². The van der Waals surface area contributed by atoms with Crippen LogP contribution in [-0.4, -0.2) is 55.9 Å². The van der Waals surface area contributed by atoms with Gasteiger partial charge in [0.2, 0.25) is 5.91 Å². The standard InChI is InChI=1S/C15H28N2O3S/c1-13(16-12-14-7-6-10-21(14,19)20)11-15(18)17-8-4-2-3-5-9-17/h13-14,16H,2-12H2,1H3. The van der Waals surface area contributed by atoms with Crippen LogP contribution in [0.25, 0.3) is 0 Å². The van der Waals surface area contributed by atoms with E-state index in [9.17, 15) is 13.2 Å². The number of carbonyl (C=O) groups excluding carboxylic acids is 1. The molecule has 0 aromatic carbocycles. The van der Waals surface area contributed by atoms with Gasteiger partial charge in [-0.1, -0.05) is 12.8 Å². The molecule has 5 nitrogen and oxygen atoms in total. The average Bonchev–Trinajstić information content (AvgIpc) is 2.66. The number of nitrogens with one attached hydrogen (secondary N) is 1. The van der Waals surface area contributed by atoms with Crippen molar-refractivity contribution >= 4 is 15.7 Å². The van der Waals surface area contributed by atoms with Gasteiger partial charge in [0.1, 0.15) is 0 Å². The van der Waals surface area contributed by atoms with E-state index in [0.717, 1.165) is 38.8 Å². The quantitative estimate of drug-likeness (QED) is 0.831. The Bertz CT molecular complexity index is 442. The van der Waals surface area contributed by atoms with Crippen LogP contribution in [0.1, 0.15) is 51.9 Å². The second kappa shape index (κ2) is 7.58. The lowest BCUT2D eigenvalue weighted by molar-refractivity contribution is -0.131. The summed E-state index contributed by atoms with van der Waals surface area (Å²) in [6.07, 6.45) is 6.64. The minimum absolute atomic E-state index is 0.0385. The first-order chi connectivity index (χ1) is 9.99. The van der Waals surface area contributed by atoms with Crippen LogP contribution in [0.4, 0.5) is 0 Å². The Balaban J connectivity index is 1.73. The molecule has 1 amide bonds. The van der Waals surface area contributed by atoms with Crippen LogP contribution in [0.2, 0.25) is 0 Å². The Morgan fingerprint density at radius 2 is 1.86 bits per heavy atom. The van der Waals surface area contributed by atoms with Gasteiger partial charge in [-0.05, 0) is 32.6 Å². The molecular weight excluding hydrogens is 288 g/mol. The van der Waals surface area contributed by atoms with Gasteiger partial charge in [0.15, 0.2) is 9.84 Å². The number of rotatable bonds is 5. The van der Waals surface area contributed by atoms with E-state index < -0.39 is 9.84 Å². The van der Waals surface area contributed by atoms with Crippen LogP contribution < -0.4 is 5.32 Å². The Hall–Kier alpha value is -0.620. The maximum absolute atomic E-state index is 12.3. The number of sulfone groups is 1. The second-order valence-electron chi connectivity index (χ2n) is 6.44. The Morgan fingerprint density at radius 1 is 1.19 bits per heavy atom. The summed E-state index contributed by atoms with van der Waals surface area (Å²) in [7, 11) is -2.89. The summed E-state index contributed by atoms with van der Waals surface area (Å²) in [6.45, 7) is 4.21. The number of hydrogen-bond donors (Lipinski definition) is 1. The molecule has 2 heterocycles. The van der Waals surface area contributed by atoms with E-state index in [1.54, 1.807) is 0 Å². The van der Waals surface area contributed by atoms with E-state index >= 15 is 0 Å². The molecule has 1 N–H and O–H groups in total. The van der Waals surface area contributed by atoms with Crippen molar-refractivity contribution in [2.75, 3.05) is 25.4 Å². The predicted molar refractivity (Wildman–Crippen MR) is 83.9 cm³/mol. The van der Waals surface area contributed by atoms with Crippen molar-refractivity contribution in [2.45, 2.75) is 63.2 Å². The topological polar surface area (TPSA) is 66.5 Å². The zero-order valence-electron chi connectivity index (χ0n) is 13.0. The molecule has 0 bridgehead atoms. The molecule has 0 aromatic rings. The molecule has 2 unspecified atom stereocenters. The van der Waals surface area contributed by atoms with Crippen LogP contribution in [0.15, 0.2) is 0 Å². The third kappa shape index (κ3) is 4.95. The fraction of sp³-hybridized carbons (Fsp3) is 0.933. The highest BCUT2D eigenvalue weighted by Crippen LogP contribution is 2.19. The number of nitrogens with zero attached hydrogens (tertiary/aromatic N) is 1. The van der Waals surface area contributed by atoms with Gasteiger partial charge in [0.25, 0.3) is 0 Å². The predicted octanol–water partition coefficient (Wildman–Crippen LogP) is 1.33. The fourth-order valence-corrected chi connectivity index (χ4v) is 4.98. The van der Waals surface area contributed by atoms with Gasteiger partial charge in [-0.2, -0.15) is 0 Å². The summed E-state index contributed by atoms with van der Waals surface area (Å²) in [4.78, 5) is 14.2. The number of hydrogen-bond acceptors (Lipinski definition) is 4. The summed E-state index contributed by atoms with van der Waals surface area (Å²) in [5.41, 5.74) is 0. The van der Waals surface area contributed by atoms with Gasteiger partial charge >= 0.3 is 0 Å². The number of amides is 1. The van der Waals surface area contributed by atoms with Gasteiger partial charge in [-0.3, -0.25) is 4.79 Å². The first-order valence-electron chi connectivity index (χ1n) is 8.22. The molecule has 0 radical (unpaired) electrons. The molecule has 122 valence electrons. The lowest BCUT2D eigenvalue weighted by Crippen LogP contribution is -2.40. The lowest BCUT2D eigenvalue weighted by Gasteiger charge is -2.23. The zero-order valence-corrected chi connectivity index (χ0v) is 13.8. The molecule has 2 aliphatic rings. The molecule has 2 rings (SSSR count). The van der Waals surface area contributed by atoms with Crippen LogP contribution in [0.5, 0.6) is 0 Å². The van der Waals surface area contributed by atoms with Gasteiger partial charge in [-0.25, -0.2) is 8.42 Å². The summed E-state index contributed by atoms with van der Waals surface area (Å²) in [5.74, 6) is 0.520. The third-order valence-corrected chi connectivity index (χ3v) is 6.87. The molecule has 0 spiro atoms. The van der Waals surface area contributed by atoms with Crippen molar-refractivity contribution in [3.05, 3.63) is 0 Å². The molecule has 6 heteroatoms. The number of likely N-dealkylation sites (tertiary alicyclic amines) is 1. The molecule has 2 atom stereocenters. The fourth-order valence-electron chi connectivity index (χ4n) is 3.20. The van der Waals surface area contributed by atoms with Crippen molar-refractivity contribution in [1.29, 1.82) is 0 Å². The van der Waals surface area contributed by atoms with Crippen molar-refractivity contribution in [1.82, 2.24) is 10.2 Å². The summed E-state index contributed by atoms with van der Waals surface area (Å²) in [5, 5.41) is 2.98. The highest BCUT2D eigenvalue weighted by atomic mass is 32.2. The van der Waals surface area contributed by atoms with E-state index in [1.165, 1.54) is 12.8 Å². The van der Waals surface area contributed by atoms with E-state index in [-0.39, 0.29) is 17.2 Å². The second-order valence-corrected chi connectivity index (χ2v) is 8.84. The van der Waals surface area contributed by atoms with Crippen LogP contribution >= 0.6 is 0 Å². The molecule has 0 aromatic heterocycles. The first-order valence-corrected chi connectivity index (χ1v) is 9.93. The number of carbonyl (C=O) groups is 1. The molecule has 0 aliphatic carbocycles. The Labute approximate surface area is 128 Å². The molecule has 21 heavy (non-hydrogen) atoms. The zero-order chi connectivity index (χ0) is 15.3. The lowest BCUT2D eigenvalue weighted by atomic mass is 10.2. The van der Waals surface area contributed by atoms with E-state index in [0.29, 0.717) is 18.7 Å². The summed E-state index contributed by atoms with van der Waals surface area (Å²) >= 11 is 0. The summed E-state index contributed by atoms with van der Waals surface area (Å²) < 4.78 is 23.5. The molecule has 2 saturated heterocycles. The maximum Gasteiger partial charge on any atom is 0.224 e. The van der Waals surface area contributed by atoms with Gasteiger partial charge < -0.3 is 10.2 Å². The van der Waals surface area contributed by atoms with Crippen molar-refractivity contribution in [3.8, 4) is 0 Å². The third-order valence-electron chi connectivity index (χ3n) is 4.60. The van der Waals surface area contributed by atoms with Crippen molar-refractivity contribution in [3.63, 3.8) is 0 Å².